The van der Waals surface area contributed by atoms with Crippen LogP contribution in [0.25, 0.3) is 0 Å². The van der Waals surface area contributed by atoms with Crippen molar-refractivity contribution in [3.05, 3.63) is 62.0 Å². The van der Waals surface area contributed by atoms with Crippen LogP contribution in [0, 0.1) is 0 Å². The number of sulfonamides is 1. The quantitative estimate of drug-likeness (QED) is 0.730. The Morgan fingerprint density at radius 1 is 1.10 bits per heavy atom. The van der Waals surface area contributed by atoms with Crippen LogP contribution in [-0.2, 0) is 16.4 Å². The molecule has 0 aliphatic heterocycles. The van der Waals surface area contributed by atoms with Crippen molar-refractivity contribution >= 4 is 53.5 Å². The van der Waals surface area contributed by atoms with E-state index in [9.17, 15) is 8.42 Å². The van der Waals surface area contributed by atoms with Gasteiger partial charge >= 0.3 is 0 Å². The minimum atomic E-state index is -3.55. The van der Waals surface area contributed by atoms with Crippen molar-refractivity contribution in [2.45, 2.75) is 11.3 Å². The Hall–Kier alpha value is -0.400. The van der Waals surface area contributed by atoms with E-state index in [4.69, 9.17) is 11.6 Å². The standard InChI is InChI=1S/C14H12Br2ClNO2S/c15-11-4-5-13(16)14(9-11)21(19,20)18-7-6-10-2-1-3-12(17)8-10/h1-5,8-9,18H,6-7H2. The summed E-state index contributed by atoms with van der Waals surface area (Å²) in [5.74, 6) is 0. The van der Waals surface area contributed by atoms with Gasteiger partial charge in [0.25, 0.3) is 0 Å². The van der Waals surface area contributed by atoms with Gasteiger partial charge in [-0.15, -0.1) is 0 Å². The van der Waals surface area contributed by atoms with Crippen molar-refractivity contribution in [2.24, 2.45) is 0 Å². The van der Waals surface area contributed by atoms with Gasteiger partial charge in [0.05, 0.1) is 4.90 Å². The van der Waals surface area contributed by atoms with Crippen molar-refractivity contribution < 1.29 is 8.42 Å². The Morgan fingerprint density at radius 2 is 1.86 bits per heavy atom. The van der Waals surface area contributed by atoms with Crippen LogP contribution >= 0.6 is 43.5 Å². The molecule has 0 saturated carbocycles. The van der Waals surface area contributed by atoms with E-state index in [0.717, 1.165) is 5.56 Å². The second kappa shape index (κ2) is 7.24. The van der Waals surface area contributed by atoms with E-state index in [1.807, 2.05) is 18.2 Å². The van der Waals surface area contributed by atoms with Gasteiger partial charge < -0.3 is 0 Å². The molecule has 0 aliphatic carbocycles. The highest BCUT2D eigenvalue weighted by Crippen LogP contribution is 2.25. The Kier molecular flexibility index (Phi) is 5.85. The Balaban J connectivity index is 2.06. The minimum absolute atomic E-state index is 0.211. The summed E-state index contributed by atoms with van der Waals surface area (Å²) in [6, 6.07) is 12.4. The molecule has 0 aromatic heterocycles. The van der Waals surface area contributed by atoms with E-state index >= 15 is 0 Å². The molecule has 0 aliphatic rings. The third kappa shape index (κ3) is 4.79. The zero-order valence-corrected chi connectivity index (χ0v) is 15.6. The third-order valence-electron chi connectivity index (χ3n) is 2.78. The first-order valence-corrected chi connectivity index (χ1v) is 9.52. The normalized spacial score (nSPS) is 11.6. The molecule has 112 valence electrons. The molecule has 0 atom stereocenters. The maximum Gasteiger partial charge on any atom is 0.241 e. The van der Waals surface area contributed by atoms with Crippen molar-refractivity contribution in [3.8, 4) is 0 Å². The van der Waals surface area contributed by atoms with Gasteiger partial charge in [-0.2, -0.15) is 0 Å². The van der Waals surface area contributed by atoms with E-state index < -0.39 is 10.0 Å². The predicted molar refractivity (Wildman–Crippen MR) is 92.2 cm³/mol. The largest absolute Gasteiger partial charge is 0.241 e. The molecular formula is C14H12Br2ClNO2S. The Morgan fingerprint density at radius 3 is 2.57 bits per heavy atom. The maximum atomic E-state index is 12.3. The number of hydrogen-bond acceptors (Lipinski definition) is 2. The highest BCUT2D eigenvalue weighted by Gasteiger charge is 2.17. The molecule has 0 unspecified atom stereocenters. The molecule has 0 saturated heterocycles. The van der Waals surface area contributed by atoms with E-state index in [0.29, 0.717) is 26.9 Å². The van der Waals surface area contributed by atoms with Crippen LogP contribution in [0.5, 0.6) is 0 Å². The second-order valence-electron chi connectivity index (χ2n) is 4.35. The van der Waals surface area contributed by atoms with Crippen LogP contribution in [0.1, 0.15) is 5.56 Å². The fraction of sp³-hybridized carbons (Fsp3) is 0.143. The summed E-state index contributed by atoms with van der Waals surface area (Å²) in [6.45, 7) is 0.307. The zero-order chi connectivity index (χ0) is 15.5. The smallest absolute Gasteiger partial charge is 0.211 e. The molecule has 0 bridgehead atoms. The lowest BCUT2D eigenvalue weighted by Crippen LogP contribution is -2.26. The molecule has 7 heteroatoms. The van der Waals surface area contributed by atoms with Gasteiger partial charge in [-0.05, 0) is 58.2 Å². The topological polar surface area (TPSA) is 46.2 Å². The summed E-state index contributed by atoms with van der Waals surface area (Å²) in [4.78, 5) is 0.211. The SMILES string of the molecule is O=S(=O)(NCCc1cccc(Cl)c1)c1cc(Br)ccc1Br. The summed E-state index contributed by atoms with van der Waals surface area (Å²) < 4.78 is 28.4. The molecule has 0 heterocycles. The van der Waals surface area contributed by atoms with E-state index in [-0.39, 0.29) is 4.90 Å². The first kappa shape index (κ1) is 17.0. The lowest BCUT2D eigenvalue weighted by molar-refractivity contribution is 0.581. The average Bonchev–Trinajstić information content (AvgIpc) is 2.41. The number of nitrogens with one attached hydrogen (secondary N) is 1. The van der Waals surface area contributed by atoms with Gasteiger partial charge in [-0.1, -0.05) is 39.7 Å². The molecule has 21 heavy (non-hydrogen) atoms. The number of benzene rings is 2. The summed E-state index contributed by atoms with van der Waals surface area (Å²) in [5.41, 5.74) is 0.985. The molecule has 0 fully saturated rings. The number of rotatable bonds is 5. The van der Waals surface area contributed by atoms with E-state index in [1.165, 1.54) is 0 Å². The lowest BCUT2D eigenvalue weighted by Gasteiger charge is -2.09. The van der Waals surface area contributed by atoms with Crippen LogP contribution in [0.3, 0.4) is 0 Å². The van der Waals surface area contributed by atoms with Crippen LogP contribution < -0.4 is 4.72 Å². The molecule has 0 amide bonds. The van der Waals surface area contributed by atoms with Gasteiger partial charge in [0, 0.05) is 20.5 Å². The first-order chi connectivity index (χ1) is 9.88. The van der Waals surface area contributed by atoms with Gasteiger partial charge in [-0.25, -0.2) is 13.1 Å². The summed E-state index contributed by atoms with van der Waals surface area (Å²) >= 11 is 12.4. The van der Waals surface area contributed by atoms with Crippen molar-refractivity contribution in [1.29, 1.82) is 0 Å². The van der Waals surface area contributed by atoms with E-state index in [2.05, 4.69) is 36.6 Å². The van der Waals surface area contributed by atoms with Crippen LogP contribution in [0.2, 0.25) is 5.02 Å². The Bertz CT molecular complexity index is 750. The third-order valence-corrected chi connectivity index (χ3v) is 5.96. The van der Waals surface area contributed by atoms with Crippen molar-refractivity contribution in [2.75, 3.05) is 6.54 Å². The van der Waals surface area contributed by atoms with Gasteiger partial charge in [0.2, 0.25) is 10.0 Å². The summed E-state index contributed by atoms with van der Waals surface area (Å²) in [6.07, 6.45) is 0.575. The van der Waals surface area contributed by atoms with Crippen molar-refractivity contribution in [1.82, 2.24) is 4.72 Å². The fourth-order valence-electron chi connectivity index (χ4n) is 1.78. The predicted octanol–water partition coefficient (Wildman–Crippen LogP) is 4.39. The molecule has 1 N–H and O–H groups in total. The molecule has 3 nitrogen and oxygen atoms in total. The van der Waals surface area contributed by atoms with Gasteiger partial charge in [0.15, 0.2) is 0 Å². The number of halogens is 3. The first-order valence-electron chi connectivity index (χ1n) is 6.08. The Labute approximate surface area is 146 Å². The lowest BCUT2D eigenvalue weighted by atomic mass is 10.2. The summed E-state index contributed by atoms with van der Waals surface area (Å²) in [5, 5.41) is 0.644. The summed E-state index contributed by atoms with van der Waals surface area (Å²) in [7, 11) is -3.55. The average molecular weight is 454 g/mol. The van der Waals surface area contributed by atoms with Crippen molar-refractivity contribution in [3.63, 3.8) is 0 Å². The minimum Gasteiger partial charge on any atom is -0.211 e. The van der Waals surface area contributed by atoms with Gasteiger partial charge in [-0.3, -0.25) is 0 Å². The van der Waals surface area contributed by atoms with Gasteiger partial charge in [0.1, 0.15) is 0 Å². The molecular weight excluding hydrogens is 441 g/mol. The highest BCUT2D eigenvalue weighted by molar-refractivity contribution is 9.11. The van der Waals surface area contributed by atoms with Crippen LogP contribution in [0.15, 0.2) is 56.3 Å². The van der Waals surface area contributed by atoms with Crippen LogP contribution in [0.4, 0.5) is 0 Å². The molecule has 0 spiro atoms. The molecule has 0 radical (unpaired) electrons. The second-order valence-corrected chi connectivity index (χ2v) is 8.29. The molecule has 2 aromatic carbocycles. The molecule has 2 aromatic rings. The van der Waals surface area contributed by atoms with E-state index in [1.54, 1.807) is 24.3 Å². The maximum absolute atomic E-state index is 12.3. The number of hydrogen-bond donors (Lipinski definition) is 1. The van der Waals surface area contributed by atoms with Crippen LogP contribution in [-0.4, -0.2) is 15.0 Å². The monoisotopic (exact) mass is 451 g/mol. The molecule has 2 rings (SSSR count). The fourth-order valence-corrected chi connectivity index (χ4v) is 4.53. The zero-order valence-electron chi connectivity index (χ0n) is 10.8. The highest BCUT2D eigenvalue weighted by atomic mass is 79.9.